The summed E-state index contributed by atoms with van der Waals surface area (Å²) in [5, 5.41) is 21.9. The third kappa shape index (κ3) is 9.42. The third-order valence-electron chi connectivity index (χ3n) is 2.43. The van der Waals surface area contributed by atoms with Crippen molar-refractivity contribution in [2.24, 2.45) is 5.73 Å². The number of carboxylic acid groups (broad SMARTS) is 2. The maximum absolute atomic E-state index is 11.8. The summed E-state index contributed by atoms with van der Waals surface area (Å²) in [5.41, 5.74) is 5.27. The average Bonchev–Trinajstić information content (AvgIpc) is 2.46. The molecular formula is C11H18ClN3O6S. The lowest BCUT2D eigenvalue weighted by Crippen LogP contribution is -2.49. The van der Waals surface area contributed by atoms with Crippen LogP contribution in [0.25, 0.3) is 0 Å². The Morgan fingerprint density at radius 2 is 1.86 bits per heavy atom. The quantitative estimate of drug-likeness (QED) is 0.289. The van der Waals surface area contributed by atoms with Crippen molar-refractivity contribution in [2.75, 3.05) is 17.5 Å². The molecular weight excluding hydrogens is 338 g/mol. The first-order chi connectivity index (χ1) is 10.3. The SMILES string of the molecule is N[C@@H](CCC(=O)N[C@@H](CSCCl)C(=O)NCC(=O)O)C(=O)O. The summed E-state index contributed by atoms with van der Waals surface area (Å²) in [6.07, 6.45) is -0.241. The van der Waals surface area contributed by atoms with Crippen molar-refractivity contribution in [3.8, 4) is 0 Å². The standard InChI is InChI=1S/C11H18ClN3O6S/c12-5-22-4-7(10(19)14-3-9(17)18)15-8(16)2-1-6(13)11(20)21/h6-7H,1-5,13H2,(H,14,19)(H,15,16)(H,17,18)(H,20,21)/t6-,7-/m0/s1. The van der Waals surface area contributed by atoms with Crippen LogP contribution in [0.15, 0.2) is 0 Å². The normalized spacial score (nSPS) is 13.0. The van der Waals surface area contributed by atoms with Crippen molar-refractivity contribution in [2.45, 2.75) is 24.9 Å². The molecule has 0 bridgehead atoms. The number of hydrogen-bond acceptors (Lipinski definition) is 6. The fourth-order valence-corrected chi connectivity index (χ4v) is 2.13. The van der Waals surface area contributed by atoms with Crippen LogP contribution >= 0.6 is 23.4 Å². The van der Waals surface area contributed by atoms with E-state index in [9.17, 15) is 19.2 Å². The van der Waals surface area contributed by atoms with Gasteiger partial charge in [0.05, 0.1) is 5.21 Å². The van der Waals surface area contributed by atoms with Crippen LogP contribution < -0.4 is 16.4 Å². The highest BCUT2D eigenvalue weighted by atomic mass is 35.5. The van der Waals surface area contributed by atoms with Crippen molar-refractivity contribution in [3.05, 3.63) is 0 Å². The zero-order chi connectivity index (χ0) is 17.1. The molecule has 2 amide bonds. The zero-order valence-corrected chi connectivity index (χ0v) is 13.2. The summed E-state index contributed by atoms with van der Waals surface area (Å²) in [6, 6.07) is -2.13. The lowest BCUT2D eigenvalue weighted by molar-refractivity contribution is -0.139. The number of halogens is 1. The summed E-state index contributed by atoms with van der Waals surface area (Å²) >= 11 is 6.67. The topological polar surface area (TPSA) is 159 Å². The Labute approximate surface area is 135 Å². The van der Waals surface area contributed by atoms with E-state index in [1.54, 1.807) is 0 Å². The van der Waals surface area contributed by atoms with Crippen LogP contribution in [0.4, 0.5) is 0 Å². The fraction of sp³-hybridized carbons (Fsp3) is 0.636. The van der Waals surface area contributed by atoms with Gasteiger partial charge in [0, 0.05) is 12.2 Å². The first kappa shape index (κ1) is 20.5. The molecule has 0 aromatic heterocycles. The minimum atomic E-state index is -1.22. The van der Waals surface area contributed by atoms with Gasteiger partial charge in [0.25, 0.3) is 0 Å². The van der Waals surface area contributed by atoms with E-state index in [-0.39, 0.29) is 23.8 Å². The predicted octanol–water partition coefficient (Wildman–Crippen LogP) is -1.21. The number of nitrogens with one attached hydrogen (secondary N) is 2. The molecule has 0 radical (unpaired) electrons. The third-order valence-corrected chi connectivity index (χ3v) is 3.61. The Kier molecular flexibility index (Phi) is 10.3. The molecule has 0 aliphatic heterocycles. The molecule has 126 valence electrons. The van der Waals surface area contributed by atoms with Crippen LogP contribution in [-0.4, -0.2) is 63.6 Å². The monoisotopic (exact) mass is 355 g/mol. The van der Waals surface area contributed by atoms with Gasteiger partial charge in [-0.3, -0.25) is 19.2 Å². The Balaban J connectivity index is 4.43. The van der Waals surface area contributed by atoms with Gasteiger partial charge in [-0.2, -0.15) is 0 Å². The van der Waals surface area contributed by atoms with Crippen molar-refractivity contribution >= 4 is 47.1 Å². The van der Waals surface area contributed by atoms with E-state index in [1.165, 1.54) is 11.8 Å². The van der Waals surface area contributed by atoms with Gasteiger partial charge < -0.3 is 26.6 Å². The van der Waals surface area contributed by atoms with Gasteiger partial charge in [-0.05, 0) is 6.42 Å². The second-order valence-corrected chi connectivity index (χ2v) is 5.81. The number of carbonyl (C=O) groups excluding carboxylic acids is 2. The second kappa shape index (κ2) is 11.1. The Morgan fingerprint density at radius 3 is 2.36 bits per heavy atom. The number of amides is 2. The number of aliphatic carboxylic acids is 2. The van der Waals surface area contributed by atoms with Crippen molar-refractivity contribution < 1.29 is 29.4 Å². The molecule has 0 aromatic rings. The zero-order valence-electron chi connectivity index (χ0n) is 11.6. The van der Waals surface area contributed by atoms with E-state index in [2.05, 4.69) is 10.6 Å². The molecule has 0 aromatic carbocycles. The molecule has 0 heterocycles. The smallest absolute Gasteiger partial charge is 0.322 e. The van der Waals surface area contributed by atoms with Crippen LogP contribution in [0.2, 0.25) is 0 Å². The Morgan fingerprint density at radius 1 is 1.23 bits per heavy atom. The number of alkyl halides is 1. The average molecular weight is 356 g/mol. The molecule has 0 spiro atoms. The molecule has 11 heteroatoms. The molecule has 0 saturated carbocycles. The largest absolute Gasteiger partial charge is 0.480 e. The van der Waals surface area contributed by atoms with Gasteiger partial charge in [-0.15, -0.1) is 23.4 Å². The number of thioether (sulfide) groups is 1. The molecule has 22 heavy (non-hydrogen) atoms. The van der Waals surface area contributed by atoms with Crippen molar-refractivity contribution in [3.63, 3.8) is 0 Å². The molecule has 0 saturated heterocycles. The highest BCUT2D eigenvalue weighted by Gasteiger charge is 2.22. The van der Waals surface area contributed by atoms with Gasteiger partial charge >= 0.3 is 11.9 Å². The number of carboxylic acids is 2. The molecule has 0 unspecified atom stereocenters. The van der Waals surface area contributed by atoms with Gasteiger partial charge in [0.15, 0.2) is 0 Å². The number of nitrogens with two attached hydrogens (primary N) is 1. The van der Waals surface area contributed by atoms with E-state index in [4.69, 9.17) is 27.5 Å². The maximum Gasteiger partial charge on any atom is 0.322 e. The summed E-state index contributed by atoms with van der Waals surface area (Å²) in [6.45, 7) is -0.569. The van der Waals surface area contributed by atoms with Crippen LogP contribution in [0.5, 0.6) is 0 Å². The maximum atomic E-state index is 11.8. The Hall–Kier alpha value is -1.52. The fourth-order valence-electron chi connectivity index (χ4n) is 1.31. The molecule has 0 fully saturated rings. The highest BCUT2D eigenvalue weighted by Crippen LogP contribution is 2.06. The second-order valence-electron chi connectivity index (χ2n) is 4.19. The number of rotatable bonds is 11. The molecule has 2 atom stereocenters. The first-order valence-electron chi connectivity index (χ1n) is 6.18. The van der Waals surface area contributed by atoms with Crippen LogP contribution in [0.1, 0.15) is 12.8 Å². The number of carbonyl (C=O) groups is 4. The summed E-state index contributed by atoms with van der Waals surface area (Å²) in [5.74, 6) is -3.48. The predicted molar refractivity (Wildman–Crippen MR) is 80.6 cm³/mol. The number of hydrogen-bond donors (Lipinski definition) is 5. The van der Waals surface area contributed by atoms with Crippen LogP contribution in [-0.2, 0) is 19.2 Å². The minimum absolute atomic E-state index is 0.0761. The minimum Gasteiger partial charge on any atom is -0.480 e. The molecule has 0 aliphatic rings. The molecule has 6 N–H and O–H groups in total. The Bertz CT molecular complexity index is 423. The van der Waals surface area contributed by atoms with Crippen molar-refractivity contribution in [1.82, 2.24) is 10.6 Å². The van der Waals surface area contributed by atoms with Gasteiger partial charge in [-0.25, -0.2) is 0 Å². The molecule has 0 rings (SSSR count). The van der Waals surface area contributed by atoms with E-state index < -0.39 is 42.4 Å². The van der Waals surface area contributed by atoms with E-state index in [0.29, 0.717) is 0 Å². The van der Waals surface area contributed by atoms with Gasteiger partial charge in [0.2, 0.25) is 11.8 Å². The van der Waals surface area contributed by atoms with Crippen molar-refractivity contribution in [1.29, 1.82) is 0 Å². The lowest BCUT2D eigenvalue weighted by Gasteiger charge is -2.17. The van der Waals surface area contributed by atoms with Gasteiger partial charge in [-0.1, -0.05) is 0 Å². The highest BCUT2D eigenvalue weighted by molar-refractivity contribution is 8.00. The van der Waals surface area contributed by atoms with E-state index in [0.717, 1.165) is 0 Å². The van der Waals surface area contributed by atoms with E-state index >= 15 is 0 Å². The van der Waals surface area contributed by atoms with E-state index in [1.807, 2.05) is 0 Å². The lowest BCUT2D eigenvalue weighted by atomic mass is 10.1. The molecule has 0 aliphatic carbocycles. The first-order valence-corrected chi connectivity index (χ1v) is 7.87. The van der Waals surface area contributed by atoms with Crippen LogP contribution in [0, 0.1) is 0 Å². The molecule has 9 nitrogen and oxygen atoms in total. The van der Waals surface area contributed by atoms with Gasteiger partial charge in [0.1, 0.15) is 18.6 Å². The summed E-state index contributed by atoms with van der Waals surface area (Å²) in [7, 11) is 0. The summed E-state index contributed by atoms with van der Waals surface area (Å²) in [4.78, 5) is 44.4. The summed E-state index contributed by atoms with van der Waals surface area (Å²) < 4.78 is 0. The van der Waals surface area contributed by atoms with Crippen LogP contribution in [0.3, 0.4) is 0 Å².